The van der Waals surface area contributed by atoms with E-state index >= 15 is 0 Å². The van der Waals surface area contributed by atoms with Gasteiger partial charge in [0.2, 0.25) is 0 Å². The van der Waals surface area contributed by atoms with E-state index in [1.807, 2.05) is 0 Å². The summed E-state index contributed by atoms with van der Waals surface area (Å²) in [6.45, 7) is 20.9. The first-order valence-electron chi connectivity index (χ1n) is 23.2. The lowest BCUT2D eigenvalue weighted by Gasteiger charge is -2.41. The maximum atomic E-state index is 6.95. The Morgan fingerprint density at radius 2 is 1.27 bits per heavy atom. The summed E-state index contributed by atoms with van der Waals surface area (Å²) in [7, 11) is 0.788. The van der Waals surface area contributed by atoms with E-state index in [1.165, 1.54) is 112 Å². The molecule has 11 rings (SSSR count). The third-order valence-electron chi connectivity index (χ3n) is 14.6. The second kappa shape index (κ2) is 14.5. The van der Waals surface area contributed by atoms with Gasteiger partial charge in [-0.3, -0.25) is 0 Å². The van der Waals surface area contributed by atoms with E-state index in [2.05, 4.69) is 218 Å². The molecule has 2 aliphatic rings. The monoisotopic (exact) mass is 832 g/mol. The molecule has 0 spiro atoms. The standard InChI is InChI=1S/C60H57BN2O/c1-36-29-47(44-25-19-39-17-13-14-18-43(39)57(44)62-42-23-21-41(22-24-42)58(3,4)5)56-53(30-36)63(51-26-20-40(31-37(51)2)38-15-11-10-12-16-38)52-35-55-46(33-50(52)61-56)45-32-48-49(34-54(45)64-55)60(8,9)28-27-59(48,6)7/h10-26,29-35,61-62H,27-28H2,1-9H3. The molecule has 2 heterocycles. The topological polar surface area (TPSA) is 28.4 Å². The fraction of sp³-hybridized carbons (Fsp3) is 0.233. The molecule has 0 saturated heterocycles. The fourth-order valence-electron chi connectivity index (χ4n) is 10.8. The van der Waals surface area contributed by atoms with Crippen LogP contribution >= 0.6 is 0 Å². The zero-order valence-electron chi connectivity index (χ0n) is 38.8. The van der Waals surface area contributed by atoms with Crippen LogP contribution in [0, 0.1) is 13.8 Å². The maximum Gasteiger partial charge on any atom is 0.198 e. The minimum Gasteiger partial charge on any atom is -0.456 e. The Labute approximate surface area is 379 Å². The average Bonchev–Trinajstić information content (AvgIpc) is 3.63. The van der Waals surface area contributed by atoms with Crippen molar-refractivity contribution in [3.05, 3.63) is 173 Å². The highest BCUT2D eigenvalue weighted by Crippen LogP contribution is 2.49. The lowest BCUT2D eigenvalue weighted by molar-refractivity contribution is 0.332. The van der Waals surface area contributed by atoms with Gasteiger partial charge in [0.15, 0.2) is 7.28 Å². The minimum atomic E-state index is 0.0768. The van der Waals surface area contributed by atoms with Crippen LogP contribution in [0.2, 0.25) is 0 Å². The van der Waals surface area contributed by atoms with Crippen molar-refractivity contribution in [2.24, 2.45) is 0 Å². The molecule has 1 aliphatic carbocycles. The summed E-state index contributed by atoms with van der Waals surface area (Å²) >= 11 is 0. The van der Waals surface area contributed by atoms with Crippen LogP contribution in [-0.2, 0) is 16.2 Å². The van der Waals surface area contributed by atoms with Crippen LogP contribution in [0.4, 0.5) is 28.4 Å². The molecule has 64 heavy (non-hydrogen) atoms. The van der Waals surface area contributed by atoms with Crippen LogP contribution < -0.4 is 21.1 Å². The third kappa shape index (κ3) is 6.64. The van der Waals surface area contributed by atoms with Gasteiger partial charge in [-0.25, -0.2) is 0 Å². The van der Waals surface area contributed by atoms with Crippen molar-refractivity contribution in [2.75, 3.05) is 10.2 Å². The molecule has 0 fully saturated rings. The first-order valence-corrected chi connectivity index (χ1v) is 23.2. The second-order valence-corrected chi connectivity index (χ2v) is 21.1. The van der Waals surface area contributed by atoms with Gasteiger partial charge in [0, 0.05) is 50.5 Å². The molecule has 4 heteroatoms. The summed E-state index contributed by atoms with van der Waals surface area (Å²) in [5.74, 6) is 0. The van der Waals surface area contributed by atoms with Gasteiger partial charge in [-0.05, 0) is 141 Å². The molecule has 8 aromatic carbocycles. The third-order valence-corrected chi connectivity index (χ3v) is 14.6. The molecule has 0 saturated carbocycles. The number of rotatable bonds is 5. The van der Waals surface area contributed by atoms with Crippen molar-refractivity contribution >= 4 is 79.4 Å². The summed E-state index contributed by atoms with van der Waals surface area (Å²) in [5, 5.41) is 8.79. The molecular formula is C60H57BN2O. The van der Waals surface area contributed by atoms with Crippen molar-refractivity contribution in [1.29, 1.82) is 0 Å². The number of nitrogens with zero attached hydrogens (tertiary/aromatic N) is 1. The summed E-state index contributed by atoms with van der Waals surface area (Å²) in [5.41, 5.74) is 22.1. The second-order valence-electron chi connectivity index (χ2n) is 21.1. The zero-order valence-corrected chi connectivity index (χ0v) is 38.8. The Morgan fingerprint density at radius 1 is 0.578 bits per heavy atom. The molecule has 0 bridgehead atoms. The van der Waals surface area contributed by atoms with E-state index in [-0.39, 0.29) is 16.2 Å². The van der Waals surface area contributed by atoms with Gasteiger partial charge < -0.3 is 14.6 Å². The average molecular weight is 833 g/mol. The molecule has 1 aliphatic heterocycles. The van der Waals surface area contributed by atoms with Gasteiger partial charge >= 0.3 is 0 Å². The largest absolute Gasteiger partial charge is 0.456 e. The molecule has 0 atom stereocenters. The Balaban J connectivity index is 1.14. The van der Waals surface area contributed by atoms with Gasteiger partial charge in [-0.1, -0.05) is 151 Å². The number of benzene rings is 8. The SMILES string of the molecule is Cc1cc(-c2ccc3ccccc3c2Nc2ccc(C(C)(C)C)cc2)c2c(c1)N(c1ccc(-c3ccccc3)cc1C)c1cc3oc4cc5c(cc4c3cc1B2)C(C)(C)CCC5(C)C. The van der Waals surface area contributed by atoms with E-state index in [9.17, 15) is 0 Å². The Hall–Kier alpha value is -6.52. The normalized spacial score (nSPS) is 15.2. The summed E-state index contributed by atoms with van der Waals surface area (Å²) in [6.07, 6.45) is 2.34. The van der Waals surface area contributed by atoms with Crippen molar-refractivity contribution in [3.63, 3.8) is 0 Å². The van der Waals surface area contributed by atoms with Gasteiger partial charge in [-0.15, -0.1) is 0 Å². The summed E-state index contributed by atoms with van der Waals surface area (Å²) in [4.78, 5) is 2.53. The molecule has 0 unspecified atom stereocenters. The van der Waals surface area contributed by atoms with Crippen molar-refractivity contribution in [3.8, 4) is 22.3 Å². The first kappa shape index (κ1) is 40.3. The van der Waals surface area contributed by atoms with Crippen LogP contribution in [-0.4, -0.2) is 7.28 Å². The highest BCUT2D eigenvalue weighted by molar-refractivity contribution is 6.73. The summed E-state index contributed by atoms with van der Waals surface area (Å²) in [6, 6.07) is 54.5. The van der Waals surface area contributed by atoms with Crippen LogP contribution in [0.3, 0.4) is 0 Å². The molecule has 0 amide bonds. The molecule has 3 nitrogen and oxygen atoms in total. The van der Waals surface area contributed by atoms with Crippen LogP contribution in [0.1, 0.15) is 89.1 Å². The van der Waals surface area contributed by atoms with E-state index in [0.717, 1.165) is 29.8 Å². The van der Waals surface area contributed by atoms with E-state index in [1.54, 1.807) is 0 Å². The Bertz CT molecular complexity index is 3330. The van der Waals surface area contributed by atoms with Gasteiger partial charge in [-0.2, -0.15) is 0 Å². The predicted molar refractivity (Wildman–Crippen MR) is 276 cm³/mol. The van der Waals surface area contributed by atoms with Crippen LogP contribution in [0.15, 0.2) is 150 Å². The Kier molecular flexibility index (Phi) is 9.13. The number of nitrogens with one attached hydrogen (secondary N) is 1. The van der Waals surface area contributed by atoms with Crippen molar-refractivity contribution < 1.29 is 4.42 Å². The number of furan rings is 1. The molecule has 9 aromatic rings. The van der Waals surface area contributed by atoms with Gasteiger partial charge in [0.05, 0.1) is 5.69 Å². The predicted octanol–water partition coefficient (Wildman–Crippen LogP) is 15.3. The lowest BCUT2D eigenvalue weighted by Crippen LogP contribution is -2.41. The lowest BCUT2D eigenvalue weighted by atomic mass is 9.57. The number of anilines is 5. The Morgan fingerprint density at radius 3 is 2.00 bits per heavy atom. The maximum absolute atomic E-state index is 6.95. The molecular weight excluding hydrogens is 775 g/mol. The van der Waals surface area contributed by atoms with E-state index in [0.29, 0.717) is 0 Å². The van der Waals surface area contributed by atoms with Gasteiger partial charge in [0.1, 0.15) is 11.2 Å². The zero-order chi connectivity index (χ0) is 44.3. The van der Waals surface area contributed by atoms with Crippen molar-refractivity contribution in [1.82, 2.24) is 0 Å². The minimum absolute atomic E-state index is 0.0768. The highest BCUT2D eigenvalue weighted by Gasteiger charge is 2.38. The molecule has 1 aromatic heterocycles. The smallest absolute Gasteiger partial charge is 0.198 e. The highest BCUT2D eigenvalue weighted by atomic mass is 16.3. The number of aryl methyl sites for hydroxylation is 2. The first-order chi connectivity index (χ1) is 30.6. The van der Waals surface area contributed by atoms with Gasteiger partial charge in [0.25, 0.3) is 0 Å². The van der Waals surface area contributed by atoms with Crippen LogP contribution in [0.5, 0.6) is 0 Å². The number of fused-ring (bicyclic) bond motifs is 7. The number of hydrogen-bond donors (Lipinski definition) is 1. The summed E-state index contributed by atoms with van der Waals surface area (Å²) < 4.78 is 6.95. The molecule has 1 N–H and O–H groups in total. The quantitative estimate of drug-likeness (QED) is 0.175. The van der Waals surface area contributed by atoms with E-state index < -0.39 is 0 Å². The van der Waals surface area contributed by atoms with Crippen LogP contribution in [0.25, 0.3) is 55.0 Å². The molecule has 0 radical (unpaired) electrons. The van der Waals surface area contributed by atoms with Crippen molar-refractivity contribution in [2.45, 2.75) is 91.4 Å². The fourth-order valence-corrected chi connectivity index (χ4v) is 10.8. The number of hydrogen-bond acceptors (Lipinski definition) is 3. The molecule has 316 valence electrons. The van der Waals surface area contributed by atoms with E-state index in [4.69, 9.17) is 4.42 Å².